The first-order valence-corrected chi connectivity index (χ1v) is 8.66. The zero-order chi connectivity index (χ0) is 17.6. The SMILES string of the molecule is Cc1cnc(C(=O)NC[C@@H](c2ccccc2Cl)N2CCOCC2)cn1. The van der Waals surface area contributed by atoms with E-state index in [-0.39, 0.29) is 11.9 Å². The molecule has 3 rings (SSSR count). The van der Waals surface area contributed by atoms with Gasteiger partial charge in [0.25, 0.3) is 5.91 Å². The molecule has 2 heterocycles. The molecule has 1 aliphatic heterocycles. The van der Waals surface area contributed by atoms with Gasteiger partial charge in [-0.2, -0.15) is 0 Å². The first-order chi connectivity index (χ1) is 12.1. The van der Waals surface area contributed by atoms with Gasteiger partial charge >= 0.3 is 0 Å². The Bertz CT molecular complexity index is 717. The quantitative estimate of drug-likeness (QED) is 0.885. The van der Waals surface area contributed by atoms with Crippen molar-refractivity contribution in [1.82, 2.24) is 20.2 Å². The topological polar surface area (TPSA) is 67.4 Å². The number of nitrogens with one attached hydrogen (secondary N) is 1. The van der Waals surface area contributed by atoms with Crippen LogP contribution in [0.1, 0.15) is 27.8 Å². The minimum absolute atomic E-state index is 0.0139. The van der Waals surface area contributed by atoms with Gasteiger partial charge in [-0.25, -0.2) is 4.98 Å². The monoisotopic (exact) mass is 360 g/mol. The van der Waals surface area contributed by atoms with E-state index < -0.39 is 0 Å². The van der Waals surface area contributed by atoms with Crippen LogP contribution in [-0.4, -0.2) is 53.6 Å². The van der Waals surface area contributed by atoms with Crippen molar-refractivity contribution in [2.24, 2.45) is 0 Å². The van der Waals surface area contributed by atoms with E-state index in [0.29, 0.717) is 30.5 Å². The van der Waals surface area contributed by atoms with Gasteiger partial charge in [-0.15, -0.1) is 0 Å². The number of rotatable bonds is 5. The van der Waals surface area contributed by atoms with Gasteiger partial charge in [-0.05, 0) is 18.6 Å². The number of nitrogens with zero attached hydrogens (tertiary/aromatic N) is 3. The number of hydrogen-bond donors (Lipinski definition) is 1. The predicted molar refractivity (Wildman–Crippen MR) is 95.7 cm³/mol. The number of carbonyl (C=O) groups excluding carboxylic acids is 1. The summed E-state index contributed by atoms with van der Waals surface area (Å²) < 4.78 is 5.44. The third-order valence-corrected chi connectivity index (χ3v) is 4.56. The fraction of sp³-hybridized carbons (Fsp3) is 0.389. The predicted octanol–water partition coefficient (Wildman–Crippen LogP) is 2.24. The highest BCUT2D eigenvalue weighted by Crippen LogP contribution is 2.27. The summed E-state index contributed by atoms with van der Waals surface area (Å²) in [6.45, 7) is 5.24. The summed E-state index contributed by atoms with van der Waals surface area (Å²) in [6.07, 6.45) is 3.08. The first-order valence-electron chi connectivity index (χ1n) is 8.28. The molecule has 7 heteroatoms. The third kappa shape index (κ3) is 4.54. The Labute approximate surface area is 152 Å². The molecule has 6 nitrogen and oxygen atoms in total. The Morgan fingerprint density at radius 1 is 1.28 bits per heavy atom. The van der Waals surface area contributed by atoms with E-state index in [1.54, 1.807) is 6.20 Å². The number of ether oxygens (including phenoxy) is 1. The lowest BCUT2D eigenvalue weighted by molar-refractivity contribution is 0.0162. The molecule has 2 aromatic rings. The molecule has 1 aromatic heterocycles. The van der Waals surface area contributed by atoms with Crippen molar-refractivity contribution >= 4 is 17.5 Å². The smallest absolute Gasteiger partial charge is 0.271 e. The summed E-state index contributed by atoms with van der Waals surface area (Å²) in [7, 11) is 0. The van der Waals surface area contributed by atoms with Crippen molar-refractivity contribution in [3.63, 3.8) is 0 Å². The van der Waals surface area contributed by atoms with Crippen molar-refractivity contribution in [3.8, 4) is 0 Å². The Kier molecular flexibility index (Phi) is 5.96. The minimum Gasteiger partial charge on any atom is -0.379 e. The lowest BCUT2D eigenvalue weighted by Gasteiger charge is -2.35. The number of halogens is 1. The maximum absolute atomic E-state index is 12.4. The van der Waals surface area contributed by atoms with E-state index >= 15 is 0 Å². The Morgan fingerprint density at radius 2 is 2.04 bits per heavy atom. The summed E-state index contributed by atoms with van der Waals surface area (Å²) in [5.41, 5.74) is 2.09. The van der Waals surface area contributed by atoms with Gasteiger partial charge in [-0.1, -0.05) is 29.8 Å². The number of morpholine rings is 1. The van der Waals surface area contributed by atoms with Crippen LogP contribution in [0.3, 0.4) is 0 Å². The number of aromatic nitrogens is 2. The van der Waals surface area contributed by atoms with Crippen LogP contribution in [0.2, 0.25) is 5.02 Å². The highest BCUT2D eigenvalue weighted by Gasteiger charge is 2.25. The number of carbonyl (C=O) groups is 1. The Balaban J connectivity index is 1.74. The molecule has 1 aliphatic rings. The van der Waals surface area contributed by atoms with Crippen LogP contribution < -0.4 is 5.32 Å². The van der Waals surface area contributed by atoms with Gasteiger partial charge in [-0.3, -0.25) is 14.7 Å². The number of aryl methyl sites for hydroxylation is 1. The second kappa shape index (κ2) is 8.38. The molecule has 1 amide bonds. The molecule has 1 atom stereocenters. The molecule has 1 fully saturated rings. The molecule has 0 spiro atoms. The molecule has 0 bridgehead atoms. The maximum atomic E-state index is 12.4. The van der Waals surface area contributed by atoms with Crippen molar-refractivity contribution < 1.29 is 9.53 Å². The molecular formula is C18H21ClN4O2. The van der Waals surface area contributed by atoms with E-state index in [9.17, 15) is 4.79 Å². The summed E-state index contributed by atoms with van der Waals surface area (Å²) in [5, 5.41) is 3.66. The van der Waals surface area contributed by atoms with E-state index in [1.807, 2.05) is 31.2 Å². The highest BCUT2D eigenvalue weighted by atomic mass is 35.5. The van der Waals surface area contributed by atoms with Gasteiger partial charge in [0.1, 0.15) is 5.69 Å². The second-order valence-electron chi connectivity index (χ2n) is 5.94. The number of benzene rings is 1. The zero-order valence-corrected chi connectivity index (χ0v) is 14.9. The van der Waals surface area contributed by atoms with Crippen molar-refractivity contribution in [2.45, 2.75) is 13.0 Å². The van der Waals surface area contributed by atoms with Gasteiger partial charge in [0.2, 0.25) is 0 Å². The van der Waals surface area contributed by atoms with Crippen LogP contribution in [0.25, 0.3) is 0 Å². The number of hydrogen-bond acceptors (Lipinski definition) is 5. The Morgan fingerprint density at radius 3 is 2.72 bits per heavy atom. The maximum Gasteiger partial charge on any atom is 0.271 e. The normalized spacial score (nSPS) is 16.4. The second-order valence-corrected chi connectivity index (χ2v) is 6.35. The summed E-state index contributed by atoms with van der Waals surface area (Å²) in [4.78, 5) is 22.9. The standard InChI is InChI=1S/C18H21ClN4O2/c1-13-10-21-16(11-20-13)18(24)22-12-17(23-6-8-25-9-7-23)14-4-2-3-5-15(14)19/h2-5,10-11,17H,6-9,12H2,1H3,(H,22,24)/t17-/m0/s1. The largest absolute Gasteiger partial charge is 0.379 e. The lowest BCUT2D eigenvalue weighted by Crippen LogP contribution is -2.44. The molecule has 0 unspecified atom stereocenters. The van der Waals surface area contributed by atoms with Crippen LogP contribution in [-0.2, 0) is 4.74 Å². The molecule has 1 N–H and O–H groups in total. The van der Waals surface area contributed by atoms with Crippen molar-refractivity contribution in [1.29, 1.82) is 0 Å². The fourth-order valence-corrected chi connectivity index (χ4v) is 3.12. The van der Waals surface area contributed by atoms with Gasteiger partial charge in [0, 0.05) is 30.9 Å². The molecule has 25 heavy (non-hydrogen) atoms. The zero-order valence-electron chi connectivity index (χ0n) is 14.1. The fourth-order valence-electron chi connectivity index (χ4n) is 2.86. The lowest BCUT2D eigenvalue weighted by atomic mass is 10.0. The first kappa shape index (κ1) is 17.8. The molecule has 132 valence electrons. The van der Waals surface area contributed by atoms with Crippen LogP contribution in [0.15, 0.2) is 36.7 Å². The molecule has 0 aliphatic carbocycles. The summed E-state index contributed by atoms with van der Waals surface area (Å²) in [5.74, 6) is -0.238. The van der Waals surface area contributed by atoms with Crippen LogP contribution in [0, 0.1) is 6.92 Å². The minimum atomic E-state index is -0.238. The van der Waals surface area contributed by atoms with Gasteiger partial charge in [0.15, 0.2) is 0 Å². The highest BCUT2D eigenvalue weighted by molar-refractivity contribution is 6.31. The van der Waals surface area contributed by atoms with Crippen LogP contribution >= 0.6 is 11.6 Å². The summed E-state index contributed by atoms with van der Waals surface area (Å²) >= 11 is 6.39. The van der Waals surface area contributed by atoms with E-state index in [1.165, 1.54) is 6.20 Å². The molecule has 0 radical (unpaired) electrons. The molecule has 0 saturated carbocycles. The van der Waals surface area contributed by atoms with E-state index in [4.69, 9.17) is 16.3 Å². The molecule has 1 saturated heterocycles. The molecule has 1 aromatic carbocycles. The van der Waals surface area contributed by atoms with Crippen LogP contribution in [0.4, 0.5) is 0 Å². The number of amides is 1. The summed E-state index contributed by atoms with van der Waals surface area (Å²) in [6, 6.07) is 7.72. The Hall–Kier alpha value is -2.02. The average molecular weight is 361 g/mol. The molecular weight excluding hydrogens is 340 g/mol. The van der Waals surface area contributed by atoms with Crippen LogP contribution in [0.5, 0.6) is 0 Å². The van der Waals surface area contributed by atoms with E-state index in [2.05, 4.69) is 20.2 Å². The van der Waals surface area contributed by atoms with Gasteiger partial charge < -0.3 is 10.1 Å². The van der Waals surface area contributed by atoms with Gasteiger partial charge in [0.05, 0.1) is 31.1 Å². The van der Waals surface area contributed by atoms with Crippen molar-refractivity contribution in [2.75, 3.05) is 32.8 Å². The van der Waals surface area contributed by atoms with E-state index in [0.717, 1.165) is 24.3 Å². The van der Waals surface area contributed by atoms with Crippen molar-refractivity contribution in [3.05, 3.63) is 58.6 Å². The third-order valence-electron chi connectivity index (χ3n) is 4.22. The average Bonchev–Trinajstić information content (AvgIpc) is 2.64.